The predicted octanol–water partition coefficient (Wildman–Crippen LogP) is -1.28. The molecule has 19 nitrogen and oxygen atoms in total. The third kappa shape index (κ3) is 12.9. The van der Waals surface area contributed by atoms with Gasteiger partial charge in [0.2, 0.25) is 35.4 Å². The van der Waals surface area contributed by atoms with Gasteiger partial charge in [0.05, 0.1) is 19.4 Å². The number of carbonyl (C=O) groups is 8. The highest BCUT2D eigenvalue weighted by atomic mass is 16.4. The number of para-hydroxylation sites is 1. The summed E-state index contributed by atoms with van der Waals surface area (Å²) in [5.74, 6) is -8.97. The molecular formula is C39H44N8O11. The van der Waals surface area contributed by atoms with Gasteiger partial charge in [0.25, 0.3) is 0 Å². The molecule has 5 atom stereocenters. The SMILES string of the molecule is NCC(=O)N[C@@H](Cc1c[nH]c2ccccc12)C(=O)N[C@@H](CC(N)=O)C(=O)N[C@@H](Cc1ccccc1)C(=O)N[C@@H](CC(=O)O)C(=O)N[C@@H](Cc1ccc(O)cc1)C(=O)O. The number of carboxylic acid groups (broad SMARTS) is 2. The Bertz CT molecular complexity index is 2120. The number of nitrogens with one attached hydrogen (secondary N) is 6. The van der Waals surface area contributed by atoms with Crippen molar-refractivity contribution in [3.05, 3.63) is 102 Å². The van der Waals surface area contributed by atoms with Gasteiger partial charge in [-0.15, -0.1) is 0 Å². The van der Waals surface area contributed by atoms with Crippen LogP contribution in [0.25, 0.3) is 10.9 Å². The molecule has 0 aliphatic heterocycles. The number of aromatic hydroxyl groups is 1. The van der Waals surface area contributed by atoms with Gasteiger partial charge in [0.1, 0.15) is 36.0 Å². The Morgan fingerprint density at radius 3 is 1.67 bits per heavy atom. The first-order chi connectivity index (χ1) is 27.6. The Morgan fingerprint density at radius 1 is 0.586 bits per heavy atom. The third-order valence-electron chi connectivity index (χ3n) is 8.89. The molecule has 0 saturated carbocycles. The molecule has 0 radical (unpaired) electrons. The van der Waals surface area contributed by atoms with Gasteiger partial charge in [-0.3, -0.25) is 33.6 Å². The Labute approximate surface area is 330 Å². The van der Waals surface area contributed by atoms with Crippen LogP contribution in [0.5, 0.6) is 5.75 Å². The number of phenols is 1. The maximum atomic E-state index is 13.9. The Morgan fingerprint density at radius 2 is 1.09 bits per heavy atom. The first-order valence-corrected chi connectivity index (χ1v) is 17.9. The number of aromatic nitrogens is 1. The maximum Gasteiger partial charge on any atom is 0.326 e. The van der Waals surface area contributed by atoms with E-state index >= 15 is 0 Å². The largest absolute Gasteiger partial charge is 0.508 e. The fourth-order valence-corrected chi connectivity index (χ4v) is 5.99. The molecule has 0 bridgehead atoms. The van der Waals surface area contributed by atoms with Crippen LogP contribution in [0.2, 0.25) is 0 Å². The van der Waals surface area contributed by atoms with Crippen molar-refractivity contribution in [2.75, 3.05) is 6.54 Å². The lowest BCUT2D eigenvalue weighted by Crippen LogP contribution is -2.60. The monoisotopic (exact) mass is 800 g/mol. The fraction of sp³-hybridized carbons (Fsp3) is 0.282. The van der Waals surface area contributed by atoms with Crippen molar-refractivity contribution < 1.29 is 53.7 Å². The summed E-state index contributed by atoms with van der Waals surface area (Å²) in [4.78, 5) is 106. The van der Waals surface area contributed by atoms with Crippen molar-refractivity contribution in [2.24, 2.45) is 11.5 Å². The maximum absolute atomic E-state index is 13.9. The molecule has 306 valence electrons. The number of aromatic amines is 1. The number of nitrogens with two attached hydrogens (primary N) is 2. The van der Waals surface area contributed by atoms with Gasteiger partial charge >= 0.3 is 11.9 Å². The smallest absolute Gasteiger partial charge is 0.326 e. The summed E-state index contributed by atoms with van der Waals surface area (Å²) in [6.07, 6.45) is -0.629. The predicted molar refractivity (Wildman–Crippen MR) is 206 cm³/mol. The van der Waals surface area contributed by atoms with E-state index in [-0.39, 0.29) is 25.0 Å². The summed E-state index contributed by atoms with van der Waals surface area (Å²) in [7, 11) is 0. The number of fused-ring (bicyclic) bond motifs is 1. The first-order valence-electron chi connectivity index (χ1n) is 17.9. The molecule has 4 rings (SSSR count). The second kappa shape index (κ2) is 20.6. The molecule has 6 amide bonds. The van der Waals surface area contributed by atoms with Crippen molar-refractivity contribution in [3.63, 3.8) is 0 Å². The van der Waals surface area contributed by atoms with E-state index in [0.717, 1.165) is 10.9 Å². The Balaban J connectivity index is 1.56. The number of amides is 6. The number of aliphatic carboxylic acids is 2. The fourth-order valence-electron chi connectivity index (χ4n) is 5.99. The number of rotatable bonds is 21. The summed E-state index contributed by atoms with van der Waals surface area (Å²) in [5.41, 5.74) is 13.2. The number of hydrogen-bond donors (Lipinski definition) is 11. The minimum Gasteiger partial charge on any atom is -0.508 e. The van der Waals surface area contributed by atoms with Crippen LogP contribution in [-0.2, 0) is 57.6 Å². The van der Waals surface area contributed by atoms with Crippen LogP contribution in [0, 0.1) is 0 Å². The second-order valence-electron chi connectivity index (χ2n) is 13.3. The molecule has 0 aliphatic rings. The molecule has 0 aliphatic carbocycles. The minimum atomic E-state index is -1.83. The molecule has 4 aromatic rings. The van der Waals surface area contributed by atoms with E-state index in [0.29, 0.717) is 16.7 Å². The van der Waals surface area contributed by atoms with Crippen molar-refractivity contribution in [2.45, 2.75) is 62.3 Å². The van der Waals surface area contributed by atoms with Gasteiger partial charge in [0, 0.05) is 36.4 Å². The Kier molecular flexibility index (Phi) is 15.4. The highest BCUT2D eigenvalue weighted by Crippen LogP contribution is 2.19. The van der Waals surface area contributed by atoms with Gasteiger partial charge in [0.15, 0.2) is 0 Å². The quantitative estimate of drug-likeness (QED) is 0.0470. The van der Waals surface area contributed by atoms with Gasteiger partial charge in [-0.2, -0.15) is 0 Å². The molecule has 58 heavy (non-hydrogen) atoms. The molecule has 1 heterocycles. The third-order valence-corrected chi connectivity index (χ3v) is 8.89. The highest BCUT2D eigenvalue weighted by molar-refractivity contribution is 5.98. The molecule has 19 heteroatoms. The van der Waals surface area contributed by atoms with Crippen LogP contribution in [0.15, 0.2) is 85.1 Å². The van der Waals surface area contributed by atoms with Crippen molar-refractivity contribution in [1.29, 1.82) is 0 Å². The van der Waals surface area contributed by atoms with E-state index in [1.807, 2.05) is 6.07 Å². The minimum absolute atomic E-state index is 0.0593. The average Bonchev–Trinajstić information content (AvgIpc) is 3.59. The summed E-state index contributed by atoms with van der Waals surface area (Å²) in [6.45, 7) is -0.463. The zero-order chi connectivity index (χ0) is 42.4. The lowest BCUT2D eigenvalue weighted by atomic mass is 10.0. The first kappa shape index (κ1) is 43.4. The molecule has 0 unspecified atom stereocenters. The topological polar surface area (TPSA) is 325 Å². The van der Waals surface area contributed by atoms with Crippen LogP contribution in [0.3, 0.4) is 0 Å². The zero-order valence-corrected chi connectivity index (χ0v) is 31.0. The van der Waals surface area contributed by atoms with Gasteiger partial charge in [-0.1, -0.05) is 60.7 Å². The number of phenolic OH excluding ortho intramolecular Hbond substituents is 1. The number of benzene rings is 3. The molecular weight excluding hydrogens is 756 g/mol. The van der Waals surface area contributed by atoms with Gasteiger partial charge < -0.3 is 58.4 Å². The van der Waals surface area contributed by atoms with Crippen molar-refractivity contribution >= 4 is 58.3 Å². The summed E-state index contributed by atoms with van der Waals surface area (Å²) < 4.78 is 0. The standard InChI is InChI=1S/C39H44N8O11/c40-19-33(50)43-28(16-23-20-42-26-9-5-4-8-25(23)26)36(54)45-29(17-32(41)49)37(55)44-27(14-21-6-2-1-3-7-21)35(53)46-30(18-34(51)52)38(56)47-31(39(57)58)15-22-10-12-24(48)13-11-22/h1-13,20,27-31,42,48H,14-19,40H2,(H2,41,49)(H,43,50)(H,44,55)(H,45,54)(H,46,53)(H,47,56)(H,51,52)(H,57,58)/t27-,28-,29-,30-,31-/m0/s1. The van der Waals surface area contributed by atoms with Crippen LogP contribution in [0.4, 0.5) is 0 Å². The molecule has 0 fully saturated rings. The van der Waals surface area contributed by atoms with E-state index in [1.165, 1.54) is 24.3 Å². The van der Waals surface area contributed by atoms with E-state index in [9.17, 15) is 53.7 Å². The summed E-state index contributed by atoms with van der Waals surface area (Å²) in [6, 6.07) is 13.0. The van der Waals surface area contributed by atoms with Gasteiger partial charge in [-0.05, 0) is 34.9 Å². The van der Waals surface area contributed by atoms with Crippen molar-refractivity contribution in [1.82, 2.24) is 31.6 Å². The summed E-state index contributed by atoms with van der Waals surface area (Å²) in [5, 5.41) is 41.6. The second-order valence-corrected chi connectivity index (χ2v) is 13.3. The van der Waals surface area contributed by atoms with E-state index < -0.39 is 97.0 Å². The molecule has 1 aromatic heterocycles. The molecule has 0 saturated heterocycles. The lowest BCUT2D eigenvalue weighted by Gasteiger charge is -2.26. The molecule has 0 spiro atoms. The normalized spacial score (nSPS) is 13.5. The zero-order valence-electron chi connectivity index (χ0n) is 31.0. The number of hydrogen-bond acceptors (Lipinski definition) is 10. The number of carboxylic acids is 2. The molecule has 13 N–H and O–H groups in total. The van der Waals surface area contributed by atoms with E-state index in [2.05, 4.69) is 31.6 Å². The van der Waals surface area contributed by atoms with E-state index in [1.54, 1.807) is 54.7 Å². The molecule has 3 aromatic carbocycles. The average molecular weight is 801 g/mol. The van der Waals surface area contributed by atoms with Crippen LogP contribution in [-0.4, -0.2) is 104 Å². The number of primary amides is 1. The number of carbonyl (C=O) groups excluding carboxylic acids is 6. The summed E-state index contributed by atoms with van der Waals surface area (Å²) >= 11 is 0. The van der Waals surface area contributed by atoms with Gasteiger partial charge in [-0.25, -0.2) is 4.79 Å². The number of H-pyrrole nitrogens is 1. The van der Waals surface area contributed by atoms with Crippen LogP contribution < -0.4 is 38.1 Å². The Hall–Kier alpha value is -7.28. The lowest BCUT2D eigenvalue weighted by molar-refractivity contribution is -0.143. The van der Waals surface area contributed by atoms with Crippen molar-refractivity contribution in [3.8, 4) is 5.75 Å². The van der Waals surface area contributed by atoms with Crippen LogP contribution in [0.1, 0.15) is 29.5 Å². The van der Waals surface area contributed by atoms with E-state index in [4.69, 9.17) is 11.5 Å². The van der Waals surface area contributed by atoms with Crippen LogP contribution >= 0.6 is 0 Å². The highest BCUT2D eigenvalue weighted by Gasteiger charge is 2.34.